The summed E-state index contributed by atoms with van der Waals surface area (Å²) in [6.07, 6.45) is 2.79. The van der Waals surface area contributed by atoms with Gasteiger partial charge in [0.15, 0.2) is 5.78 Å². The summed E-state index contributed by atoms with van der Waals surface area (Å²) in [7, 11) is 0. The molecular weight excluding hydrogens is 228 g/mol. The van der Waals surface area contributed by atoms with E-state index >= 15 is 0 Å². The van der Waals surface area contributed by atoms with Crippen molar-refractivity contribution in [2.45, 2.75) is 45.3 Å². The van der Waals surface area contributed by atoms with Gasteiger partial charge in [-0.15, -0.1) is 0 Å². The lowest BCUT2D eigenvalue weighted by Gasteiger charge is -2.21. The van der Waals surface area contributed by atoms with Gasteiger partial charge in [-0.2, -0.15) is 0 Å². The molecule has 1 unspecified atom stereocenters. The van der Waals surface area contributed by atoms with Crippen molar-refractivity contribution in [3.05, 3.63) is 29.8 Å². The number of carbonyl (C=O) groups is 1. The van der Waals surface area contributed by atoms with Gasteiger partial charge in [0, 0.05) is 12.2 Å². The standard InChI is InChI=1S/C15H20O3/c1-11(2)18-13-7-5-6-12(10-13)15(16)14-8-3-4-9-17-14/h5-7,10-11,14H,3-4,8-9H2,1-2H3. The predicted molar refractivity (Wildman–Crippen MR) is 70.1 cm³/mol. The van der Waals surface area contributed by atoms with Crippen LogP contribution >= 0.6 is 0 Å². The van der Waals surface area contributed by atoms with E-state index in [0.29, 0.717) is 12.2 Å². The molecule has 98 valence electrons. The molecule has 0 aliphatic carbocycles. The summed E-state index contributed by atoms with van der Waals surface area (Å²) in [6.45, 7) is 4.63. The van der Waals surface area contributed by atoms with Gasteiger partial charge in [-0.1, -0.05) is 12.1 Å². The van der Waals surface area contributed by atoms with Crippen molar-refractivity contribution < 1.29 is 14.3 Å². The van der Waals surface area contributed by atoms with Crippen LogP contribution in [-0.2, 0) is 4.74 Å². The number of ether oxygens (including phenoxy) is 2. The van der Waals surface area contributed by atoms with Gasteiger partial charge in [0.2, 0.25) is 0 Å². The second-order valence-corrected chi connectivity index (χ2v) is 4.91. The molecule has 1 aliphatic rings. The van der Waals surface area contributed by atoms with Gasteiger partial charge >= 0.3 is 0 Å². The van der Waals surface area contributed by atoms with E-state index in [1.165, 1.54) is 0 Å². The number of Topliss-reactive ketones (excluding diaryl/α,β-unsaturated/α-hetero) is 1. The molecule has 0 amide bonds. The smallest absolute Gasteiger partial charge is 0.191 e. The van der Waals surface area contributed by atoms with Crippen molar-refractivity contribution in [3.63, 3.8) is 0 Å². The summed E-state index contributed by atoms with van der Waals surface area (Å²) in [5.41, 5.74) is 0.681. The van der Waals surface area contributed by atoms with Crippen LogP contribution in [0.2, 0.25) is 0 Å². The fourth-order valence-electron chi connectivity index (χ4n) is 2.13. The van der Waals surface area contributed by atoms with Crippen LogP contribution in [0.4, 0.5) is 0 Å². The first-order valence-electron chi connectivity index (χ1n) is 6.59. The lowest BCUT2D eigenvalue weighted by atomic mass is 10.00. The quantitative estimate of drug-likeness (QED) is 0.767. The number of hydrogen-bond acceptors (Lipinski definition) is 3. The van der Waals surface area contributed by atoms with Crippen molar-refractivity contribution in [2.75, 3.05) is 6.61 Å². The van der Waals surface area contributed by atoms with Gasteiger partial charge in [0.25, 0.3) is 0 Å². The van der Waals surface area contributed by atoms with E-state index in [0.717, 1.165) is 25.0 Å². The minimum absolute atomic E-state index is 0.0731. The molecule has 0 N–H and O–H groups in total. The zero-order valence-corrected chi connectivity index (χ0v) is 11.0. The molecule has 2 rings (SSSR count). The third-order valence-corrected chi connectivity index (χ3v) is 2.96. The van der Waals surface area contributed by atoms with Gasteiger partial charge in [0.1, 0.15) is 11.9 Å². The molecule has 1 saturated heterocycles. The Labute approximate surface area is 108 Å². The Morgan fingerprint density at radius 1 is 1.39 bits per heavy atom. The first-order chi connectivity index (χ1) is 8.66. The molecule has 1 aromatic rings. The molecule has 18 heavy (non-hydrogen) atoms. The van der Waals surface area contributed by atoms with Gasteiger partial charge in [0.05, 0.1) is 6.10 Å². The van der Waals surface area contributed by atoms with Crippen LogP contribution in [0.25, 0.3) is 0 Å². The lowest BCUT2D eigenvalue weighted by Crippen LogP contribution is -2.28. The summed E-state index contributed by atoms with van der Waals surface area (Å²) in [5.74, 6) is 0.815. The van der Waals surface area contributed by atoms with E-state index in [-0.39, 0.29) is 18.0 Å². The van der Waals surface area contributed by atoms with E-state index in [4.69, 9.17) is 9.47 Å². The molecule has 0 saturated carbocycles. The van der Waals surface area contributed by atoms with Crippen LogP contribution in [0.5, 0.6) is 5.75 Å². The Balaban J connectivity index is 2.09. The molecule has 0 bridgehead atoms. The number of ketones is 1. The molecule has 0 radical (unpaired) electrons. The minimum atomic E-state index is -0.270. The second-order valence-electron chi connectivity index (χ2n) is 4.91. The Kier molecular flexibility index (Phi) is 4.37. The average Bonchev–Trinajstić information content (AvgIpc) is 2.38. The third-order valence-electron chi connectivity index (χ3n) is 2.96. The van der Waals surface area contributed by atoms with E-state index in [1.807, 2.05) is 32.0 Å². The molecule has 1 atom stereocenters. The maximum atomic E-state index is 12.3. The molecule has 1 heterocycles. The maximum Gasteiger partial charge on any atom is 0.191 e. The van der Waals surface area contributed by atoms with Gasteiger partial charge in [-0.3, -0.25) is 4.79 Å². The molecular formula is C15H20O3. The predicted octanol–water partition coefficient (Wildman–Crippen LogP) is 3.23. The van der Waals surface area contributed by atoms with Crippen LogP contribution < -0.4 is 4.74 Å². The maximum absolute atomic E-state index is 12.3. The topological polar surface area (TPSA) is 35.5 Å². The Morgan fingerprint density at radius 3 is 2.89 bits per heavy atom. The van der Waals surface area contributed by atoms with E-state index in [9.17, 15) is 4.79 Å². The van der Waals surface area contributed by atoms with Crippen LogP contribution in [-0.4, -0.2) is 24.6 Å². The molecule has 3 nitrogen and oxygen atoms in total. The van der Waals surface area contributed by atoms with Crippen molar-refractivity contribution in [1.29, 1.82) is 0 Å². The zero-order valence-electron chi connectivity index (χ0n) is 11.0. The first kappa shape index (κ1) is 13.1. The summed E-state index contributed by atoms with van der Waals surface area (Å²) in [4.78, 5) is 12.3. The van der Waals surface area contributed by atoms with Crippen molar-refractivity contribution in [3.8, 4) is 5.75 Å². The molecule has 1 aliphatic heterocycles. The van der Waals surface area contributed by atoms with Crippen molar-refractivity contribution in [1.82, 2.24) is 0 Å². The van der Waals surface area contributed by atoms with Crippen LogP contribution in [0.3, 0.4) is 0 Å². The summed E-state index contributed by atoms with van der Waals surface area (Å²) in [6, 6.07) is 7.36. The Morgan fingerprint density at radius 2 is 2.22 bits per heavy atom. The van der Waals surface area contributed by atoms with Crippen LogP contribution in [0.15, 0.2) is 24.3 Å². The first-order valence-corrected chi connectivity index (χ1v) is 6.59. The van der Waals surface area contributed by atoms with Crippen molar-refractivity contribution in [2.24, 2.45) is 0 Å². The SMILES string of the molecule is CC(C)Oc1cccc(C(=O)C2CCCCO2)c1. The van der Waals surface area contributed by atoms with E-state index < -0.39 is 0 Å². The second kappa shape index (κ2) is 6.01. The third kappa shape index (κ3) is 3.33. The average molecular weight is 248 g/mol. The number of hydrogen-bond donors (Lipinski definition) is 0. The molecule has 0 aromatic heterocycles. The summed E-state index contributed by atoms with van der Waals surface area (Å²) >= 11 is 0. The highest BCUT2D eigenvalue weighted by molar-refractivity contribution is 5.99. The zero-order chi connectivity index (χ0) is 13.0. The highest BCUT2D eigenvalue weighted by atomic mass is 16.5. The summed E-state index contributed by atoms with van der Waals surface area (Å²) in [5, 5.41) is 0. The monoisotopic (exact) mass is 248 g/mol. The summed E-state index contributed by atoms with van der Waals surface area (Å²) < 4.78 is 11.1. The van der Waals surface area contributed by atoms with Gasteiger partial charge in [-0.05, 0) is 45.2 Å². The normalized spacial score (nSPS) is 19.8. The highest BCUT2D eigenvalue weighted by Crippen LogP contribution is 2.20. The molecule has 0 spiro atoms. The van der Waals surface area contributed by atoms with E-state index in [1.54, 1.807) is 6.07 Å². The minimum Gasteiger partial charge on any atom is -0.491 e. The number of rotatable bonds is 4. The van der Waals surface area contributed by atoms with E-state index in [2.05, 4.69) is 0 Å². The number of carbonyl (C=O) groups excluding carboxylic acids is 1. The fraction of sp³-hybridized carbons (Fsp3) is 0.533. The van der Waals surface area contributed by atoms with Crippen LogP contribution in [0.1, 0.15) is 43.5 Å². The highest BCUT2D eigenvalue weighted by Gasteiger charge is 2.23. The van der Waals surface area contributed by atoms with Crippen molar-refractivity contribution >= 4 is 5.78 Å². The largest absolute Gasteiger partial charge is 0.491 e. The van der Waals surface area contributed by atoms with Crippen LogP contribution in [0, 0.1) is 0 Å². The molecule has 3 heteroatoms. The molecule has 1 fully saturated rings. The Bertz CT molecular complexity index is 406. The number of benzene rings is 1. The van der Waals surface area contributed by atoms with Gasteiger partial charge < -0.3 is 9.47 Å². The Hall–Kier alpha value is -1.35. The lowest BCUT2D eigenvalue weighted by molar-refractivity contribution is 0.0186. The molecule has 1 aromatic carbocycles. The fourth-order valence-corrected chi connectivity index (χ4v) is 2.13. The van der Waals surface area contributed by atoms with Gasteiger partial charge in [-0.25, -0.2) is 0 Å².